The standard InChI is InChI=1S/C14H13BrFNOS/c1-8-3-4-10(5-12(8)16)9(2)17-14(18)11-6-13(15)19-7-11/h3-7,9H,1-2H3,(H,17,18). The van der Waals surface area contributed by atoms with E-state index in [2.05, 4.69) is 21.2 Å². The number of halogens is 2. The van der Waals surface area contributed by atoms with Crippen molar-refractivity contribution in [2.24, 2.45) is 0 Å². The van der Waals surface area contributed by atoms with Crippen molar-refractivity contribution < 1.29 is 9.18 Å². The number of rotatable bonds is 3. The van der Waals surface area contributed by atoms with Crippen LogP contribution in [0.3, 0.4) is 0 Å². The minimum atomic E-state index is -0.253. The molecule has 1 heterocycles. The number of hydrogen-bond acceptors (Lipinski definition) is 2. The van der Waals surface area contributed by atoms with Gasteiger partial charge in [0.05, 0.1) is 15.4 Å². The Balaban J connectivity index is 2.10. The van der Waals surface area contributed by atoms with Crippen molar-refractivity contribution in [1.29, 1.82) is 0 Å². The van der Waals surface area contributed by atoms with Gasteiger partial charge in [-0.25, -0.2) is 4.39 Å². The molecule has 1 N–H and O–H groups in total. The highest BCUT2D eigenvalue weighted by Crippen LogP contribution is 2.22. The smallest absolute Gasteiger partial charge is 0.252 e. The summed E-state index contributed by atoms with van der Waals surface area (Å²) in [4.78, 5) is 12.0. The maximum Gasteiger partial charge on any atom is 0.252 e. The third-order valence-electron chi connectivity index (χ3n) is 2.87. The van der Waals surface area contributed by atoms with Crippen molar-refractivity contribution >= 4 is 33.2 Å². The highest BCUT2D eigenvalue weighted by atomic mass is 79.9. The van der Waals surface area contributed by atoms with Gasteiger partial charge >= 0.3 is 0 Å². The van der Waals surface area contributed by atoms with Gasteiger partial charge in [-0.2, -0.15) is 0 Å². The fraction of sp³-hybridized carbons (Fsp3) is 0.214. The first-order valence-corrected chi connectivity index (χ1v) is 7.45. The Kier molecular flexibility index (Phi) is 4.37. The maximum absolute atomic E-state index is 13.5. The number of thiophene rings is 1. The number of carbonyl (C=O) groups excluding carboxylic acids is 1. The lowest BCUT2D eigenvalue weighted by atomic mass is 10.1. The quantitative estimate of drug-likeness (QED) is 0.877. The molecule has 19 heavy (non-hydrogen) atoms. The molecule has 2 nitrogen and oxygen atoms in total. The molecule has 2 aromatic rings. The van der Waals surface area contributed by atoms with Crippen LogP contribution >= 0.6 is 27.3 Å². The second kappa shape index (κ2) is 5.84. The molecule has 0 aliphatic heterocycles. The summed E-state index contributed by atoms with van der Waals surface area (Å²) in [5, 5.41) is 4.63. The fourth-order valence-electron chi connectivity index (χ4n) is 1.67. The lowest BCUT2D eigenvalue weighted by Crippen LogP contribution is -2.26. The van der Waals surface area contributed by atoms with Crippen molar-refractivity contribution in [3.05, 3.63) is 55.9 Å². The van der Waals surface area contributed by atoms with Crippen LogP contribution < -0.4 is 5.32 Å². The van der Waals surface area contributed by atoms with Crippen molar-refractivity contribution in [3.63, 3.8) is 0 Å². The molecule has 0 aliphatic rings. The van der Waals surface area contributed by atoms with Gasteiger partial charge in [-0.3, -0.25) is 4.79 Å². The van der Waals surface area contributed by atoms with E-state index in [0.717, 1.165) is 9.35 Å². The summed E-state index contributed by atoms with van der Waals surface area (Å²) in [7, 11) is 0. The van der Waals surface area contributed by atoms with Crippen LogP contribution in [0.15, 0.2) is 33.4 Å². The van der Waals surface area contributed by atoms with Crippen molar-refractivity contribution in [3.8, 4) is 0 Å². The zero-order chi connectivity index (χ0) is 14.0. The Bertz CT molecular complexity index is 611. The largest absolute Gasteiger partial charge is 0.345 e. The molecule has 0 bridgehead atoms. The zero-order valence-electron chi connectivity index (χ0n) is 10.5. The van der Waals surface area contributed by atoms with Gasteiger partial charge in [-0.05, 0) is 53.0 Å². The van der Waals surface area contributed by atoms with Crippen molar-refractivity contribution in [2.75, 3.05) is 0 Å². The molecule has 0 spiro atoms. The van der Waals surface area contributed by atoms with E-state index in [1.54, 1.807) is 24.4 Å². The van der Waals surface area contributed by atoms with E-state index in [4.69, 9.17) is 0 Å². The maximum atomic E-state index is 13.5. The van der Waals surface area contributed by atoms with Crippen LogP contribution in [0.5, 0.6) is 0 Å². The lowest BCUT2D eigenvalue weighted by Gasteiger charge is -2.14. The Labute approximate surface area is 123 Å². The van der Waals surface area contributed by atoms with Crippen LogP contribution in [0.2, 0.25) is 0 Å². The van der Waals surface area contributed by atoms with E-state index in [9.17, 15) is 9.18 Å². The van der Waals surface area contributed by atoms with Gasteiger partial charge < -0.3 is 5.32 Å². The molecule has 0 aliphatic carbocycles. The topological polar surface area (TPSA) is 29.1 Å². The molecule has 100 valence electrons. The monoisotopic (exact) mass is 341 g/mol. The molecule has 5 heteroatoms. The highest BCUT2D eigenvalue weighted by Gasteiger charge is 2.13. The van der Waals surface area contributed by atoms with E-state index in [0.29, 0.717) is 11.1 Å². The molecule has 1 unspecified atom stereocenters. The number of aryl methyl sites for hydroxylation is 1. The number of nitrogens with one attached hydrogen (secondary N) is 1. The predicted molar refractivity (Wildman–Crippen MR) is 79.0 cm³/mol. The average Bonchev–Trinajstić information content (AvgIpc) is 2.79. The average molecular weight is 342 g/mol. The van der Waals surface area contributed by atoms with Gasteiger partial charge in [-0.1, -0.05) is 12.1 Å². The van der Waals surface area contributed by atoms with E-state index in [-0.39, 0.29) is 17.8 Å². The van der Waals surface area contributed by atoms with Crippen molar-refractivity contribution in [2.45, 2.75) is 19.9 Å². The van der Waals surface area contributed by atoms with Gasteiger partial charge in [0.25, 0.3) is 5.91 Å². The summed E-state index contributed by atoms with van der Waals surface area (Å²) in [6.07, 6.45) is 0. The number of benzene rings is 1. The van der Waals surface area contributed by atoms with E-state index in [1.165, 1.54) is 17.4 Å². The first kappa shape index (κ1) is 14.2. The minimum absolute atomic E-state index is 0.157. The lowest BCUT2D eigenvalue weighted by molar-refractivity contribution is 0.0940. The molecule has 1 aromatic carbocycles. The van der Waals surface area contributed by atoms with Crippen LogP contribution in [0.1, 0.15) is 34.5 Å². The Morgan fingerprint density at radius 2 is 2.16 bits per heavy atom. The second-order valence-corrected chi connectivity index (χ2v) is 6.63. The summed E-state index contributed by atoms with van der Waals surface area (Å²) in [5.41, 5.74) is 1.96. The molecule has 1 atom stereocenters. The molecule has 1 aromatic heterocycles. The van der Waals surface area contributed by atoms with Gasteiger partial charge in [0.2, 0.25) is 0 Å². The first-order chi connectivity index (χ1) is 8.97. The van der Waals surface area contributed by atoms with E-state index >= 15 is 0 Å². The van der Waals surface area contributed by atoms with Gasteiger partial charge in [-0.15, -0.1) is 11.3 Å². The van der Waals surface area contributed by atoms with Crippen LogP contribution in [-0.4, -0.2) is 5.91 Å². The molecule has 2 rings (SSSR count). The summed E-state index contributed by atoms with van der Waals surface area (Å²) >= 11 is 4.77. The summed E-state index contributed by atoms with van der Waals surface area (Å²) in [5.74, 6) is -0.410. The number of carbonyl (C=O) groups is 1. The molecule has 0 fully saturated rings. The minimum Gasteiger partial charge on any atom is -0.345 e. The molecular weight excluding hydrogens is 329 g/mol. The van der Waals surface area contributed by atoms with Crippen LogP contribution in [0.4, 0.5) is 4.39 Å². The van der Waals surface area contributed by atoms with Gasteiger partial charge in [0.15, 0.2) is 0 Å². The Morgan fingerprint density at radius 1 is 1.42 bits per heavy atom. The van der Waals surface area contributed by atoms with Crippen LogP contribution in [-0.2, 0) is 0 Å². The molecule has 1 amide bonds. The number of amides is 1. The van der Waals surface area contributed by atoms with Crippen LogP contribution in [0.25, 0.3) is 0 Å². The fourth-order valence-corrected chi connectivity index (χ4v) is 2.81. The third kappa shape index (κ3) is 3.42. The SMILES string of the molecule is Cc1ccc(C(C)NC(=O)c2csc(Br)c2)cc1F. The first-order valence-electron chi connectivity index (χ1n) is 5.78. The number of hydrogen-bond donors (Lipinski definition) is 1. The van der Waals surface area contributed by atoms with Gasteiger partial charge in [0.1, 0.15) is 5.82 Å². The molecular formula is C14H13BrFNOS. The van der Waals surface area contributed by atoms with Crippen molar-refractivity contribution in [1.82, 2.24) is 5.32 Å². The van der Waals surface area contributed by atoms with E-state index in [1.807, 2.05) is 13.0 Å². The summed E-state index contributed by atoms with van der Waals surface area (Å²) in [6, 6.07) is 6.54. The second-order valence-electron chi connectivity index (χ2n) is 4.34. The van der Waals surface area contributed by atoms with Crippen LogP contribution in [0, 0.1) is 12.7 Å². The molecule has 0 saturated carbocycles. The summed E-state index contributed by atoms with van der Waals surface area (Å²) < 4.78 is 14.4. The Hall–Kier alpha value is -1.20. The normalized spacial score (nSPS) is 12.2. The summed E-state index contributed by atoms with van der Waals surface area (Å²) in [6.45, 7) is 3.55. The van der Waals surface area contributed by atoms with Gasteiger partial charge in [0, 0.05) is 5.38 Å². The third-order valence-corrected chi connectivity index (χ3v) is 4.38. The zero-order valence-corrected chi connectivity index (χ0v) is 12.9. The Morgan fingerprint density at radius 3 is 2.74 bits per heavy atom. The predicted octanol–water partition coefficient (Wildman–Crippen LogP) is 4.45. The molecule has 0 radical (unpaired) electrons. The highest BCUT2D eigenvalue weighted by molar-refractivity contribution is 9.11. The molecule has 0 saturated heterocycles. The van der Waals surface area contributed by atoms with E-state index < -0.39 is 0 Å².